The number of hydrogen-bond acceptors (Lipinski definition) is 5. The number of carbonyl (C=O) groups is 1. The molecule has 0 bridgehead atoms. The van der Waals surface area contributed by atoms with E-state index in [2.05, 4.69) is 28.4 Å². The average molecular weight is 394 g/mol. The van der Waals surface area contributed by atoms with Crippen LogP contribution in [0, 0.1) is 0 Å². The van der Waals surface area contributed by atoms with Crippen molar-refractivity contribution in [3.05, 3.63) is 41.5 Å². The first-order valence-electron chi connectivity index (χ1n) is 9.21. The van der Waals surface area contributed by atoms with Crippen LogP contribution in [0.1, 0.15) is 49.3 Å². The van der Waals surface area contributed by atoms with Crippen molar-refractivity contribution in [2.45, 2.75) is 57.1 Å². The first kappa shape index (κ1) is 21.3. The number of amides is 1. The van der Waals surface area contributed by atoms with Crippen LogP contribution < -0.4 is 11.1 Å². The standard InChI is InChI=1S/C19H27N5O2.ClH/c1-3-12-6-4-5-7-15(12)24-19(13-8-9-16(25)14(20)10-13)22-17(23-24)11-18(26)21-2;/h4-7,13-14,16,25H,3,8-11,20H2,1-2H3,(H,21,26);1H/t13-,14+,16+;/m0./s1. The summed E-state index contributed by atoms with van der Waals surface area (Å²) in [5.74, 6) is 1.33. The topological polar surface area (TPSA) is 106 Å². The molecule has 8 heteroatoms. The van der Waals surface area contributed by atoms with Crippen LogP contribution in [0.5, 0.6) is 0 Å². The molecule has 1 aromatic heterocycles. The van der Waals surface area contributed by atoms with Crippen molar-refractivity contribution in [3.63, 3.8) is 0 Å². The number of aliphatic hydroxyl groups excluding tert-OH is 1. The van der Waals surface area contributed by atoms with Crippen molar-refractivity contribution in [1.29, 1.82) is 0 Å². The van der Waals surface area contributed by atoms with Crippen LogP contribution in [0.4, 0.5) is 0 Å². The number of aryl methyl sites for hydroxylation is 1. The lowest BCUT2D eigenvalue weighted by Gasteiger charge is -2.30. The summed E-state index contributed by atoms with van der Waals surface area (Å²) in [4.78, 5) is 16.5. The Kier molecular flexibility index (Phi) is 7.35. The summed E-state index contributed by atoms with van der Waals surface area (Å²) >= 11 is 0. The highest BCUT2D eigenvalue weighted by Gasteiger charge is 2.31. The first-order valence-corrected chi connectivity index (χ1v) is 9.21. The maximum Gasteiger partial charge on any atom is 0.227 e. The molecule has 1 aliphatic carbocycles. The molecule has 1 heterocycles. The highest BCUT2D eigenvalue weighted by molar-refractivity contribution is 5.85. The second-order valence-electron chi connectivity index (χ2n) is 6.87. The van der Waals surface area contributed by atoms with E-state index in [0.29, 0.717) is 18.7 Å². The Hall–Kier alpha value is -1.96. The lowest BCUT2D eigenvalue weighted by molar-refractivity contribution is -0.120. The van der Waals surface area contributed by atoms with Gasteiger partial charge in [-0.1, -0.05) is 25.1 Å². The highest BCUT2D eigenvalue weighted by Crippen LogP contribution is 2.33. The molecule has 2 aromatic rings. The van der Waals surface area contributed by atoms with Gasteiger partial charge in [0.05, 0.1) is 18.2 Å². The second-order valence-corrected chi connectivity index (χ2v) is 6.87. The number of benzene rings is 1. The van der Waals surface area contributed by atoms with Gasteiger partial charge in [0.25, 0.3) is 0 Å². The molecule has 1 aromatic carbocycles. The third-order valence-electron chi connectivity index (χ3n) is 5.10. The van der Waals surface area contributed by atoms with Crippen LogP contribution in [0.2, 0.25) is 0 Å². The van der Waals surface area contributed by atoms with Crippen molar-refractivity contribution in [2.75, 3.05) is 7.05 Å². The zero-order valence-corrected chi connectivity index (χ0v) is 16.6. The SMILES string of the molecule is CCc1ccccc1-n1nc(CC(=O)NC)nc1[C@H]1CC[C@@H](O)[C@H](N)C1.Cl. The number of aliphatic hydroxyl groups is 1. The van der Waals surface area contributed by atoms with Crippen molar-refractivity contribution < 1.29 is 9.90 Å². The summed E-state index contributed by atoms with van der Waals surface area (Å²) in [6.45, 7) is 2.10. The van der Waals surface area contributed by atoms with Crippen LogP contribution in [-0.2, 0) is 17.6 Å². The summed E-state index contributed by atoms with van der Waals surface area (Å²) < 4.78 is 1.87. The number of rotatable bonds is 5. The first-order chi connectivity index (χ1) is 12.5. The van der Waals surface area contributed by atoms with E-state index in [1.807, 2.05) is 22.9 Å². The fourth-order valence-electron chi connectivity index (χ4n) is 3.56. The molecule has 0 spiro atoms. The molecule has 4 N–H and O–H groups in total. The number of carbonyl (C=O) groups excluding carboxylic acids is 1. The van der Waals surface area contributed by atoms with Crippen molar-refractivity contribution in [2.24, 2.45) is 5.73 Å². The summed E-state index contributed by atoms with van der Waals surface area (Å²) in [7, 11) is 1.61. The summed E-state index contributed by atoms with van der Waals surface area (Å²) in [6, 6.07) is 7.84. The van der Waals surface area contributed by atoms with Gasteiger partial charge in [-0.05, 0) is 37.3 Å². The molecular formula is C19H28ClN5O2. The van der Waals surface area contributed by atoms with Crippen LogP contribution in [0.25, 0.3) is 5.69 Å². The Labute approximate surface area is 165 Å². The van der Waals surface area contributed by atoms with Gasteiger partial charge in [-0.3, -0.25) is 4.79 Å². The number of nitrogens with two attached hydrogens (primary N) is 1. The summed E-state index contributed by atoms with van der Waals surface area (Å²) in [5, 5.41) is 17.2. The molecule has 1 saturated carbocycles. The summed E-state index contributed by atoms with van der Waals surface area (Å²) in [5.41, 5.74) is 8.25. The molecule has 148 valence electrons. The predicted molar refractivity (Wildman–Crippen MR) is 106 cm³/mol. The van der Waals surface area contributed by atoms with Gasteiger partial charge in [0.2, 0.25) is 5.91 Å². The molecule has 3 atom stereocenters. The molecule has 7 nitrogen and oxygen atoms in total. The maximum absolute atomic E-state index is 11.8. The van der Waals surface area contributed by atoms with Gasteiger partial charge in [-0.15, -0.1) is 12.4 Å². The van der Waals surface area contributed by atoms with E-state index in [-0.39, 0.29) is 36.7 Å². The zero-order valence-electron chi connectivity index (χ0n) is 15.8. The van der Waals surface area contributed by atoms with E-state index in [0.717, 1.165) is 24.4 Å². The Bertz CT molecular complexity index is 779. The average Bonchev–Trinajstić information content (AvgIpc) is 3.07. The quantitative estimate of drug-likeness (QED) is 0.713. The predicted octanol–water partition coefficient (Wildman–Crippen LogP) is 1.50. The van der Waals surface area contributed by atoms with E-state index >= 15 is 0 Å². The summed E-state index contributed by atoms with van der Waals surface area (Å²) in [6.07, 6.45) is 2.68. The molecule has 27 heavy (non-hydrogen) atoms. The van der Waals surface area contributed by atoms with Gasteiger partial charge in [0, 0.05) is 19.0 Å². The largest absolute Gasteiger partial charge is 0.392 e. The van der Waals surface area contributed by atoms with E-state index in [4.69, 9.17) is 5.73 Å². The Morgan fingerprint density at radius 1 is 1.37 bits per heavy atom. The van der Waals surface area contributed by atoms with Gasteiger partial charge in [0.1, 0.15) is 5.82 Å². The number of halogens is 1. The van der Waals surface area contributed by atoms with E-state index in [1.165, 1.54) is 5.56 Å². The number of likely N-dealkylation sites (N-methyl/N-ethyl adjacent to an activating group) is 1. The van der Waals surface area contributed by atoms with Gasteiger partial charge in [-0.2, -0.15) is 5.10 Å². The molecule has 0 saturated heterocycles. The fourth-order valence-corrected chi connectivity index (χ4v) is 3.56. The van der Waals surface area contributed by atoms with Crippen molar-refractivity contribution in [3.8, 4) is 5.69 Å². The molecule has 1 fully saturated rings. The maximum atomic E-state index is 11.8. The van der Waals surface area contributed by atoms with E-state index in [9.17, 15) is 9.90 Å². The molecule has 1 aliphatic rings. The minimum atomic E-state index is -0.462. The number of hydrogen-bond donors (Lipinski definition) is 3. The van der Waals surface area contributed by atoms with Gasteiger partial charge < -0.3 is 16.2 Å². The minimum Gasteiger partial charge on any atom is -0.392 e. The lowest BCUT2D eigenvalue weighted by Crippen LogP contribution is -2.40. The van der Waals surface area contributed by atoms with E-state index in [1.54, 1.807) is 7.05 Å². The van der Waals surface area contributed by atoms with Crippen LogP contribution in [0.15, 0.2) is 24.3 Å². The molecule has 0 radical (unpaired) electrons. The second kappa shape index (κ2) is 9.30. The van der Waals surface area contributed by atoms with E-state index < -0.39 is 6.10 Å². The van der Waals surface area contributed by atoms with Gasteiger partial charge >= 0.3 is 0 Å². The van der Waals surface area contributed by atoms with Gasteiger partial charge in [0.15, 0.2) is 5.82 Å². The van der Waals surface area contributed by atoms with Crippen LogP contribution >= 0.6 is 12.4 Å². The van der Waals surface area contributed by atoms with Gasteiger partial charge in [-0.25, -0.2) is 9.67 Å². The number of nitrogens with zero attached hydrogens (tertiary/aromatic N) is 3. The Balaban J connectivity index is 0.00000261. The minimum absolute atomic E-state index is 0. The highest BCUT2D eigenvalue weighted by atomic mass is 35.5. The molecule has 3 rings (SSSR count). The molecule has 0 unspecified atom stereocenters. The van der Waals surface area contributed by atoms with Crippen LogP contribution in [0.3, 0.4) is 0 Å². The number of nitrogens with one attached hydrogen (secondary N) is 1. The molecule has 1 amide bonds. The number of para-hydroxylation sites is 1. The molecule has 0 aliphatic heterocycles. The smallest absolute Gasteiger partial charge is 0.227 e. The zero-order chi connectivity index (χ0) is 18.7. The van der Waals surface area contributed by atoms with Crippen LogP contribution in [-0.4, -0.2) is 45.0 Å². The third kappa shape index (κ3) is 4.66. The monoisotopic (exact) mass is 393 g/mol. The Morgan fingerprint density at radius 3 is 2.78 bits per heavy atom. The number of aromatic nitrogens is 3. The fraction of sp³-hybridized carbons (Fsp3) is 0.526. The Morgan fingerprint density at radius 2 is 2.11 bits per heavy atom. The van der Waals surface area contributed by atoms with Crippen molar-refractivity contribution >= 4 is 18.3 Å². The lowest BCUT2D eigenvalue weighted by atomic mass is 9.83. The third-order valence-corrected chi connectivity index (χ3v) is 5.10. The molecular weight excluding hydrogens is 366 g/mol. The normalized spacial score (nSPS) is 22.1. The van der Waals surface area contributed by atoms with Crippen molar-refractivity contribution in [1.82, 2.24) is 20.1 Å².